The monoisotopic (exact) mass is 426 g/mol. The van der Waals surface area contributed by atoms with Gasteiger partial charge in [-0.25, -0.2) is 4.79 Å². The number of amides is 2. The van der Waals surface area contributed by atoms with Gasteiger partial charge in [0.25, 0.3) is 0 Å². The van der Waals surface area contributed by atoms with Gasteiger partial charge in [0.05, 0.1) is 10.9 Å². The van der Waals surface area contributed by atoms with Crippen LogP contribution in [0, 0.1) is 5.92 Å². The molecular formula is C19H17F3N2O4S. The van der Waals surface area contributed by atoms with Gasteiger partial charge in [-0.05, 0) is 29.1 Å². The number of alkyl halides is 3. The molecule has 0 radical (unpaired) electrons. The van der Waals surface area contributed by atoms with Crippen LogP contribution in [0.25, 0.3) is 0 Å². The molecule has 1 aliphatic heterocycles. The summed E-state index contributed by atoms with van der Waals surface area (Å²) in [5, 5.41) is 15.8. The molecule has 1 aliphatic rings. The van der Waals surface area contributed by atoms with E-state index < -0.39 is 35.7 Å². The Morgan fingerprint density at radius 3 is 2.55 bits per heavy atom. The van der Waals surface area contributed by atoms with Crippen LogP contribution in [0.15, 0.2) is 54.4 Å². The van der Waals surface area contributed by atoms with Crippen molar-refractivity contribution >= 4 is 23.2 Å². The molecule has 3 atom stereocenters. The molecule has 0 unspecified atom stereocenters. The number of carbonyl (C=O) groups is 2. The molecule has 2 aromatic rings. The number of ketones is 1. The summed E-state index contributed by atoms with van der Waals surface area (Å²) in [6.45, 7) is 3.75. The van der Waals surface area contributed by atoms with Crippen LogP contribution in [0.4, 0.5) is 18.0 Å². The van der Waals surface area contributed by atoms with Crippen LogP contribution in [0.2, 0.25) is 0 Å². The van der Waals surface area contributed by atoms with Gasteiger partial charge in [0, 0.05) is 0 Å². The quantitative estimate of drug-likeness (QED) is 0.488. The molecule has 2 heterocycles. The lowest BCUT2D eigenvalue weighted by molar-refractivity contribution is -0.287. The van der Waals surface area contributed by atoms with Gasteiger partial charge in [-0.3, -0.25) is 4.79 Å². The second-order valence-electron chi connectivity index (χ2n) is 6.33. The van der Waals surface area contributed by atoms with Crippen molar-refractivity contribution in [3.05, 3.63) is 64.9 Å². The zero-order chi connectivity index (χ0) is 21.2. The van der Waals surface area contributed by atoms with Gasteiger partial charge in [0.1, 0.15) is 18.3 Å². The Hall–Kier alpha value is -2.85. The predicted octanol–water partition coefficient (Wildman–Crippen LogP) is 3.42. The molecule has 6 nitrogen and oxygen atoms in total. The number of hydrogen-bond acceptors (Lipinski definition) is 5. The fourth-order valence-electron chi connectivity index (χ4n) is 3.12. The Kier molecular flexibility index (Phi) is 5.67. The summed E-state index contributed by atoms with van der Waals surface area (Å²) < 4.78 is 46.7. The van der Waals surface area contributed by atoms with Crippen molar-refractivity contribution in [1.82, 2.24) is 10.6 Å². The first kappa shape index (κ1) is 20.9. The van der Waals surface area contributed by atoms with E-state index in [0.29, 0.717) is 5.75 Å². The third-order valence-electron chi connectivity index (χ3n) is 4.46. The minimum absolute atomic E-state index is 0.0339. The number of nitrogens with one attached hydrogen (secondary N) is 2. The molecule has 2 amide bonds. The van der Waals surface area contributed by atoms with Gasteiger partial charge < -0.3 is 20.5 Å². The molecule has 1 aromatic heterocycles. The van der Waals surface area contributed by atoms with Crippen LogP contribution in [-0.4, -0.2) is 35.4 Å². The van der Waals surface area contributed by atoms with Gasteiger partial charge in [-0.15, -0.1) is 11.3 Å². The summed E-state index contributed by atoms with van der Waals surface area (Å²) in [4.78, 5) is 24.9. The molecule has 0 spiro atoms. The first-order valence-corrected chi connectivity index (χ1v) is 9.34. The lowest BCUT2D eigenvalue weighted by Gasteiger charge is -2.44. The second-order valence-corrected chi connectivity index (χ2v) is 7.28. The average Bonchev–Trinajstić information content (AvgIpc) is 3.20. The van der Waals surface area contributed by atoms with Crippen molar-refractivity contribution in [3.8, 4) is 5.75 Å². The van der Waals surface area contributed by atoms with Gasteiger partial charge in [0.2, 0.25) is 5.72 Å². The number of Topliss-reactive ketones (excluding diaryl/α,β-unsaturated/α-hetero) is 1. The lowest BCUT2D eigenvalue weighted by atomic mass is 9.78. The molecule has 10 heteroatoms. The average molecular weight is 426 g/mol. The number of halogens is 3. The Morgan fingerprint density at radius 2 is 2.00 bits per heavy atom. The van der Waals surface area contributed by atoms with Gasteiger partial charge in [0.15, 0.2) is 5.78 Å². The summed E-state index contributed by atoms with van der Waals surface area (Å²) in [5.74, 6) is -2.55. The van der Waals surface area contributed by atoms with Crippen molar-refractivity contribution in [2.24, 2.45) is 5.92 Å². The highest BCUT2D eigenvalue weighted by Crippen LogP contribution is 2.44. The van der Waals surface area contributed by atoms with Crippen molar-refractivity contribution in [2.45, 2.75) is 17.9 Å². The van der Waals surface area contributed by atoms with E-state index in [4.69, 9.17) is 4.74 Å². The summed E-state index contributed by atoms with van der Waals surface area (Å²) in [7, 11) is 0. The highest BCUT2D eigenvalue weighted by molar-refractivity contribution is 7.12. The van der Waals surface area contributed by atoms with E-state index in [9.17, 15) is 27.9 Å². The number of ether oxygens (including phenoxy) is 1. The van der Waals surface area contributed by atoms with E-state index in [1.165, 1.54) is 53.2 Å². The minimum Gasteiger partial charge on any atom is -0.490 e. The molecule has 0 saturated carbocycles. The molecule has 154 valence electrons. The van der Waals surface area contributed by atoms with Gasteiger partial charge in [-0.2, -0.15) is 13.2 Å². The topological polar surface area (TPSA) is 87.7 Å². The van der Waals surface area contributed by atoms with Crippen LogP contribution in [0.5, 0.6) is 5.75 Å². The molecule has 0 bridgehead atoms. The Balaban J connectivity index is 2.05. The first-order valence-electron chi connectivity index (χ1n) is 8.46. The summed E-state index contributed by atoms with van der Waals surface area (Å²) >= 11 is 0.948. The van der Waals surface area contributed by atoms with Crippen LogP contribution in [-0.2, 0) is 0 Å². The SMILES string of the molecule is C=CCOc1ccc([C@H]2NC(=O)N[C@](O)(C(F)(F)F)[C@@H]2C(=O)c2cccs2)cc1. The number of thiophene rings is 1. The van der Waals surface area contributed by atoms with Gasteiger partial charge in [-0.1, -0.05) is 30.9 Å². The third-order valence-corrected chi connectivity index (χ3v) is 5.34. The molecule has 1 fully saturated rings. The maximum atomic E-state index is 13.8. The van der Waals surface area contributed by atoms with E-state index in [1.807, 2.05) is 0 Å². The minimum atomic E-state index is -5.28. The number of carbonyl (C=O) groups excluding carboxylic acids is 2. The Morgan fingerprint density at radius 1 is 1.31 bits per heavy atom. The molecule has 3 rings (SSSR count). The molecule has 29 heavy (non-hydrogen) atoms. The second kappa shape index (κ2) is 7.88. The largest absolute Gasteiger partial charge is 0.490 e. The summed E-state index contributed by atoms with van der Waals surface area (Å²) in [5.41, 5.74) is -3.53. The Bertz CT molecular complexity index is 899. The highest BCUT2D eigenvalue weighted by atomic mass is 32.1. The number of urea groups is 1. The molecule has 1 aromatic carbocycles. The van der Waals surface area contributed by atoms with E-state index in [-0.39, 0.29) is 17.0 Å². The van der Waals surface area contributed by atoms with Crippen molar-refractivity contribution in [3.63, 3.8) is 0 Å². The molecular weight excluding hydrogens is 409 g/mol. The first-order chi connectivity index (χ1) is 13.7. The van der Waals surface area contributed by atoms with Crippen molar-refractivity contribution < 1.29 is 32.6 Å². The number of hydrogen-bond donors (Lipinski definition) is 3. The van der Waals surface area contributed by atoms with Crippen LogP contribution in [0.3, 0.4) is 0 Å². The van der Waals surface area contributed by atoms with E-state index in [2.05, 4.69) is 11.9 Å². The van der Waals surface area contributed by atoms with E-state index >= 15 is 0 Å². The predicted molar refractivity (Wildman–Crippen MR) is 99.7 cm³/mol. The van der Waals surface area contributed by atoms with E-state index in [1.54, 1.807) is 0 Å². The third kappa shape index (κ3) is 3.99. The normalized spacial score (nSPS) is 24.3. The molecule has 1 saturated heterocycles. The summed E-state index contributed by atoms with van der Waals surface area (Å²) in [6, 6.07) is 6.07. The zero-order valence-corrected chi connectivity index (χ0v) is 15.7. The molecule has 3 N–H and O–H groups in total. The van der Waals surface area contributed by atoms with Crippen LogP contribution < -0.4 is 15.4 Å². The van der Waals surface area contributed by atoms with Crippen molar-refractivity contribution in [2.75, 3.05) is 6.61 Å². The van der Waals surface area contributed by atoms with E-state index in [0.717, 1.165) is 11.3 Å². The summed E-state index contributed by atoms with van der Waals surface area (Å²) in [6.07, 6.45) is -3.76. The maximum Gasteiger partial charge on any atom is 0.437 e. The zero-order valence-electron chi connectivity index (χ0n) is 14.9. The number of rotatable bonds is 6. The van der Waals surface area contributed by atoms with Crippen LogP contribution in [0.1, 0.15) is 21.3 Å². The van der Waals surface area contributed by atoms with Gasteiger partial charge >= 0.3 is 12.2 Å². The number of benzene rings is 1. The van der Waals surface area contributed by atoms with Crippen LogP contribution >= 0.6 is 11.3 Å². The Labute approximate surface area is 168 Å². The fraction of sp³-hybridized carbons (Fsp3) is 0.263. The highest BCUT2D eigenvalue weighted by Gasteiger charge is 2.66. The fourth-order valence-corrected chi connectivity index (χ4v) is 3.82. The standard InChI is InChI=1S/C19H17F3N2O4S/c1-2-9-28-12-7-5-11(6-8-12)15-14(16(25)13-4-3-10-29-13)18(27,19(20,21)22)24-17(26)23-15/h2-8,10,14-15,27H,1,9H2,(H2,23,24,26)/t14-,15+,18+/m0/s1. The smallest absolute Gasteiger partial charge is 0.437 e. The molecule has 0 aliphatic carbocycles. The lowest BCUT2D eigenvalue weighted by Crippen LogP contribution is -2.72. The van der Waals surface area contributed by atoms with Crippen molar-refractivity contribution in [1.29, 1.82) is 0 Å². The number of aliphatic hydroxyl groups is 1. The maximum absolute atomic E-state index is 13.8.